The summed E-state index contributed by atoms with van der Waals surface area (Å²) in [6.07, 6.45) is 0.158. The van der Waals surface area contributed by atoms with Gasteiger partial charge in [-0.15, -0.1) is 0 Å². The van der Waals surface area contributed by atoms with Crippen LogP contribution in [-0.2, 0) is 22.7 Å². The van der Waals surface area contributed by atoms with Crippen LogP contribution in [-0.4, -0.2) is 22.8 Å². The first-order valence-corrected chi connectivity index (χ1v) is 9.94. The molecule has 146 valence electrons. The van der Waals surface area contributed by atoms with Gasteiger partial charge in [-0.1, -0.05) is 78.3 Å². The van der Waals surface area contributed by atoms with Crippen molar-refractivity contribution in [2.45, 2.75) is 25.6 Å². The molecule has 1 atom stereocenters. The van der Waals surface area contributed by atoms with Crippen molar-refractivity contribution in [2.75, 3.05) is 4.90 Å². The number of amides is 2. The van der Waals surface area contributed by atoms with Crippen LogP contribution in [0.4, 0.5) is 5.69 Å². The van der Waals surface area contributed by atoms with Crippen LogP contribution in [0.1, 0.15) is 17.5 Å². The summed E-state index contributed by atoms with van der Waals surface area (Å²) in [5.74, 6) is -0.405. The van der Waals surface area contributed by atoms with Crippen LogP contribution >= 0.6 is 11.6 Å². The molecule has 3 aromatic carbocycles. The lowest BCUT2D eigenvalue weighted by atomic mass is 10.1. The van der Waals surface area contributed by atoms with Gasteiger partial charge in [0.1, 0.15) is 0 Å². The van der Waals surface area contributed by atoms with E-state index in [0.29, 0.717) is 23.8 Å². The molecule has 29 heavy (non-hydrogen) atoms. The summed E-state index contributed by atoms with van der Waals surface area (Å²) in [5.41, 5.74) is 2.73. The van der Waals surface area contributed by atoms with Gasteiger partial charge in [-0.05, 0) is 29.3 Å². The first-order chi connectivity index (χ1) is 14.1. The number of anilines is 1. The van der Waals surface area contributed by atoms with E-state index in [2.05, 4.69) is 4.90 Å². The van der Waals surface area contributed by atoms with Crippen molar-refractivity contribution in [3.8, 4) is 0 Å². The molecule has 1 aliphatic rings. The predicted octanol–water partition coefficient (Wildman–Crippen LogP) is 4.67. The number of hydrogen-bond donors (Lipinski definition) is 0. The maximum atomic E-state index is 13.3. The Bertz CT molecular complexity index is 966. The highest BCUT2D eigenvalue weighted by Crippen LogP contribution is 2.29. The van der Waals surface area contributed by atoms with Crippen LogP contribution in [0.5, 0.6) is 0 Å². The molecule has 1 heterocycles. The van der Waals surface area contributed by atoms with E-state index in [1.54, 1.807) is 24.3 Å². The van der Waals surface area contributed by atoms with Crippen molar-refractivity contribution >= 4 is 29.1 Å². The second-order valence-corrected chi connectivity index (χ2v) is 7.58. The summed E-state index contributed by atoms with van der Waals surface area (Å²) in [4.78, 5) is 29.4. The molecule has 4 rings (SSSR count). The molecular formula is C24H21ClN2O2. The lowest BCUT2D eigenvalue weighted by Crippen LogP contribution is -2.41. The zero-order valence-corrected chi connectivity index (χ0v) is 16.6. The van der Waals surface area contributed by atoms with Crippen molar-refractivity contribution in [2.24, 2.45) is 0 Å². The van der Waals surface area contributed by atoms with E-state index in [1.165, 1.54) is 4.90 Å². The van der Waals surface area contributed by atoms with Gasteiger partial charge < -0.3 is 0 Å². The van der Waals surface area contributed by atoms with Gasteiger partial charge >= 0.3 is 0 Å². The van der Waals surface area contributed by atoms with Gasteiger partial charge in [0.25, 0.3) is 5.91 Å². The van der Waals surface area contributed by atoms with Crippen LogP contribution in [0.2, 0.25) is 5.02 Å². The summed E-state index contributed by atoms with van der Waals surface area (Å²) in [6.45, 7) is 1.17. The summed E-state index contributed by atoms with van der Waals surface area (Å²) >= 11 is 6.07. The molecule has 0 aliphatic carbocycles. The standard InChI is InChI=1S/C24H21ClN2O2/c25-20-12-7-13-21(14-20)27-23(28)15-22(24(27)29)26(16-18-8-3-1-4-9-18)17-19-10-5-2-6-11-19/h1-14,22H,15-17H2/t22-/m1/s1. The number of nitrogens with zero attached hydrogens (tertiary/aromatic N) is 2. The molecule has 2 amide bonds. The zero-order valence-electron chi connectivity index (χ0n) is 15.9. The van der Waals surface area contributed by atoms with E-state index in [1.807, 2.05) is 60.7 Å². The minimum atomic E-state index is -0.512. The third-order valence-corrected chi connectivity index (χ3v) is 5.32. The van der Waals surface area contributed by atoms with Crippen LogP contribution < -0.4 is 4.90 Å². The molecule has 0 aromatic heterocycles. The Labute approximate surface area is 175 Å². The maximum absolute atomic E-state index is 13.3. The fourth-order valence-electron chi connectivity index (χ4n) is 3.70. The Kier molecular flexibility index (Phi) is 5.74. The Morgan fingerprint density at radius 2 is 1.41 bits per heavy atom. The van der Waals surface area contributed by atoms with E-state index in [0.717, 1.165) is 11.1 Å². The topological polar surface area (TPSA) is 40.6 Å². The summed E-state index contributed by atoms with van der Waals surface area (Å²) in [6, 6.07) is 26.4. The average molecular weight is 405 g/mol. The van der Waals surface area contributed by atoms with Gasteiger partial charge in [0.15, 0.2) is 0 Å². The summed E-state index contributed by atoms with van der Waals surface area (Å²) in [5, 5.41) is 0.497. The number of carbonyl (C=O) groups is 2. The van der Waals surface area contributed by atoms with Gasteiger partial charge in [0.05, 0.1) is 18.2 Å². The monoisotopic (exact) mass is 404 g/mol. The molecule has 1 aliphatic heterocycles. The highest BCUT2D eigenvalue weighted by atomic mass is 35.5. The number of hydrogen-bond acceptors (Lipinski definition) is 3. The molecule has 0 spiro atoms. The Balaban J connectivity index is 1.63. The first-order valence-electron chi connectivity index (χ1n) is 9.56. The van der Waals surface area contributed by atoms with E-state index in [-0.39, 0.29) is 18.2 Å². The Morgan fingerprint density at radius 1 is 0.828 bits per heavy atom. The second-order valence-electron chi connectivity index (χ2n) is 7.14. The quantitative estimate of drug-likeness (QED) is 0.560. The van der Waals surface area contributed by atoms with Crippen LogP contribution in [0.15, 0.2) is 84.9 Å². The van der Waals surface area contributed by atoms with Crippen LogP contribution in [0, 0.1) is 0 Å². The molecule has 5 heteroatoms. The van der Waals surface area contributed by atoms with Crippen molar-refractivity contribution in [3.05, 3.63) is 101 Å². The molecular weight excluding hydrogens is 384 g/mol. The molecule has 0 radical (unpaired) electrons. The average Bonchev–Trinajstić information content (AvgIpc) is 3.03. The largest absolute Gasteiger partial charge is 0.283 e. The zero-order chi connectivity index (χ0) is 20.2. The molecule has 1 saturated heterocycles. The normalized spacial score (nSPS) is 16.6. The first kappa shape index (κ1) is 19.4. The Hall–Kier alpha value is -2.95. The van der Waals surface area contributed by atoms with Crippen molar-refractivity contribution in [1.29, 1.82) is 0 Å². The van der Waals surface area contributed by atoms with Crippen molar-refractivity contribution < 1.29 is 9.59 Å². The lowest BCUT2D eigenvalue weighted by molar-refractivity contribution is -0.123. The van der Waals surface area contributed by atoms with Crippen LogP contribution in [0.3, 0.4) is 0 Å². The lowest BCUT2D eigenvalue weighted by Gasteiger charge is -2.27. The number of imide groups is 1. The molecule has 4 nitrogen and oxygen atoms in total. The summed E-state index contributed by atoms with van der Waals surface area (Å²) in [7, 11) is 0. The number of benzene rings is 3. The molecule has 0 unspecified atom stereocenters. The third kappa shape index (κ3) is 4.39. The van der Waals surface area contributed by atoms with Crippen LogP contribution in [0.25, 0.3) is 0 Å². The van der Waals surface area contributed by atoms with E-state index < -0.39 is 6.04 Å². The van der Waals surface area contributed by atoms with Gasteiger partial charge in [0.2, 0.25) is 5.91 Å². The minimum Gasteiger partial charge on any atom is -0.283 e. The Morgan fingerprint density at radius 3 is 1.97 bits per heavy atom. The van der Waals surface area contributed by atoms with Gasteiger partial charge in [0, 0.05) is 18.1 Å². The molecule has 1 fully saturated rings. The minimum absolute atomic E-state index is 0.158. The fraction of sp³-hybridized carbons (Fsp3) is 0.167. The molecule has 0 bridgehead atoms. The van der Waals surface area contributed by atoms with Gasteiger partial charge in [-0.25, -0.2) is 4.90 Å². The maximum Gasteiger partial charge on any atom is 0.251 e. The van der Waals surface area contributed by atoms with Crippen molar-refractivity contribution in [1.82, 2.24) is 4.90 Å². The molecule has 0 N–H and O–H groups in total. The predicted molar refractivity (Wildman–Crippen MR) is 114 cm³/mol. The smallest absolute Gasteiger partial charge is 0.251 e. The van der Waals surface area contributed by atoms with E-state index >= 15 is 0 Å². The molecule has 3 aromatic rings. The second kappa shape index (κ2) is 8.60. The van der Waals surface area contributed by atoms with E-state index in [9.17, 15) is 9.59 Å². The van der Waals surface area contributed by atoms with Gasteiger partial charge in [-0.2, -0.15) is 0 Å². The van der Waals surface area contributed by atoms with E-state index in [4.69, 9.17) is 11.6 Å². The summed E-state index contributed by atoms with van der Waals surface area (Å²) < 4.78 is 0. The molecule has 0 saturated carbocycles. The number of carbonyl (C=O) groups excluding carboxylic acids is 2. The highest BCUT2D eigenvalue weighted by Gasteiger charge is 2.42. The van der Waals surface area contributed by atoms with Gasteiger partial charge in [-0.3, -0.25) is 14.5 Å². The fourth-order valence-corrected chi connectivity index (χ4v) is 3.88. The third-order valence-electron chi connectivity index (χ3n) is 5.09. The SMILES string of the molecule is O=C1C[C@@H](N(Cc2ccccc2)Cc2ccccc2)C(=O)N1c1cccc(Cl)c1. The number of rotatable bonds is 6. The number of halogens is 1. The highest BCUT2D eigenvalue weighted by molar-refractivity contribution is 6.31. The van der Waals surface area contributed by atoms with Crippen molar-refractivity contribution in [3.63, 3.8) is 0 Å².